The molecule has 1 amide bonds. The quantitative estimate of drug-likeness (QED) is 0.751. The lowest BCUT2D eigenvalue weighted by Gasteiger charge is -2.16. The van der Waals surface area contributed by atoms with E-state index in [0.29, 0.717) is 17.2 Å². The van der Waals surface area contributed by atoms with Crippen molar-refractivity contribution < 1.29 is 28.5 Å². The molecule has 0 saturated carbocycles. The standard InChI is InChI=1S/C20H23NO6/c1-12-7-6-8-14(9-12)21-19(22)13(2)27-20(23)15-10-17(25-4)18(26-5)11-16(15)24-3/h6-11,13H,1-5H3,(H,21,22)/t13-/m0/s1. The van der Waals surface area contributed by atoms with Crippen molar-refractivity contribution in [1.29, 1.82) is 0 Å². The Morgan fingerprint density at radius 1 is 0.926 bits per heavy atom. The molecule has 7 heteroatoms. The normalized spacial score (nSPS) is 11.3. The maximum absolute atomic E-state index is 12.5. The Bertz CT molecular complexity index is 833. The molecule has 0 radical (unpaired) electrons. The molecule has 0 aliphatic heterocycles. The number of hydrogen-bond acceptors (Lipinski definition) is 6. The summed E-state index contributed by atoms with van der Waals surface area (Å²) in [6, 6.07) is 10.3. The summed E-state index contributed by atoms with van der Waals surface area (Å²) in [5, 5.41) is 2.72. The minimum absolute atomic E-state index is 0.130. The van der Waals surface area contributed by atoms with E-state index in [4.69, 9.17) is 18.9 Å². The van der Waals surface area contributed by atoms with E-state index in [1.54, 1.807) is 6.07 Å². The molecule has 27 heavy (non-hydrogen) atoms. The van der Waals surface area contributed by atoms with Gasteiger partial charge in [-0.1, -0.05) is 12.1 Å². The predicted molar refractivity (Wildman–Crippen MR) is 101 cm³/mol. The molecule has 0 spiro atoms. The van der Waals surface area contributed by atoms with Gasteiger partial charge in [0.1, 0.15) is 11.3 Å². The highest BCUT2D eigenvalue weighted by atomic mass is 16.6. The number of methoxy groups -OCH3 is 3. The summed E-state index contributed by atoms with van der Waals surface area (Å²) in [6.07, 6.45) is -1.00. The summed E-state index contributed by atoms with van der Waals surface area (Å²) < 4.78 is 20.9. The fourth-order valence-electron chi connectivity index (χ4n) is 2.43. The Morgan fingerprint density at radius 2 is 1.56 bits per heavy atom. The number of anilines is 1. The van der Waals surface area contributed by atoms with Crippen LogP contribution in [0.15, 0.2) is 36.4 Å². The predicted octanol–water partition coefficient (Wildman–Crippen LogP) is 3.20. The fraction of sp³-hybridized carbons (Fsp3) is 0.300. The average Bonchev–Trinajstić information content (AvgIpc) is 2.66. The van der Waals surface area contributed by atoms with Gasteiger partial charge in [0.2, 0.25) is 0 Å². The van der Waals surface area contributed by atoms with Crippen LogP contribution in [0.2, 0.25) is 0 Å². The van der Waals surface area contributed by atoms with Crippen molar-refractivity contribution in [3.05, 3.63) is 47.5 Å². The molecule has 0 saturated heterocycles. The van der Waals surface area contributed by atoms with Crippen LogP contribution in [0.25, 0.3) is 0 Å². The third kappa shape index (κ3) is 4.91. The molecule has 2 rings (SSSR count). The van der Waals surface area contributed by atoms with Crippen molar-refractivity contribution >= 4 is 17.6 Å². The van der Waals surface area contributed by atoms with Gasteiger partial charge in [-0.25, -0.2) is 4.79 Å². The van der Waals surface area contributed by atoms with E-state index in [1.807, 2.05) is 25.1 Å². The zero-order valence-corrected chi connectivity index (χ0v) is 16.0. The van der Waals surface area contributed by atoms with Crippen LogP contribution < -0.4 is 19.5 Å². The van der Waals surface area contributed by atoms with Gasteiger partial charge in [-0.15, -0.1) is 0 Å². The molecule has 2 aromatic rings. The van der Waals surface area contributed by atoms with E-state index in [2.05, 4.69) is 5.32 Å². The molecule has 0 bridgehead atoms. The summed E-state index contributed by atoms with van der Waals surface area (Å²) in [4.78, 5) is 24.8. The van der Waals surface area contributed by atoms with Crippen LogP contribution in [0.5, 0.6) is 17.2 Å². The van der Waals surface area contributed by atoms with Crippen LogP contribution in [-0.2, 0) is 9.53 Å². The van der Waals surface area contributed by atoms with E-state index in [1.165, 1.54) is 40.4 Å². The zero-order chi connectivity index (χ0) is 20.0. The van der Waals surface area contributed by atoms with Crippen LogP contribution >= 0.6 is 0 Å². The van der Waals surface area contributed by atoms with Gasteiger partial charge in [-0.3, -0.25) is 4.79 Å². The first-order valence-corrected chi connectivity index (χ1v) is 8.28. The molecule has 2 aromatic carbocycles. The first kappa shape index (κ1) is 20.1. The van der Waals surface area contributed by atoms with Crippen molar-refractivity contribution in [2.45, 2.75) is 20.0 Å². The second-order valence-corrected chi connectivity index (χ2v) is 5.81. The minimum Gasteiger partial charge on any atom is -0.496 e. The van der Waals surface area contributed by atoms with Gasteiger partial charge in [0, 0.05) is 17.8 Å². The molecule has 0 aliphatic rings. The second kappa shape index (κ2) is 8.93. The van der Waals surface area contributed by atoms with Gasteiger partial charge in [-0.05, 0) is 31.5 Å². The molecule has 1 N–H and O–H groups in total. The maximum Gasteiger partial charge on any atom is 0.342 e. The number of rotatable bonds is 7. The summed E-state index contributed by atoms with van der Waals surface area (Å²) >= 11 is 0. The van der Waals surface area contributed by atoms with E-state index in [-0.39, 0.29) is 11.3 Å². The van der Waals surface area contributed by atoms with Gasteiger partial charge < -0.3 is 24.3 Å². The molecule has 0 fully saturated rings. The molecule has 144 valence electrons. The van der Waals surface area contributed by atoms with Gasteiger partial charge >= 0.3 is 5.97 Å². The number of amides is 1. The number of benzene rings is 2. The van der Waals surface area contributed by atoms with Crippen LogP contribution in [0.3, 0.4) is 0 Å². The fourth-order valence-corrected chi connectivity index (χ4v) is 2.43. The summed E-state index contributed by atoms with van der Waals surface area (Å²) in [5.41, 5.74) is 1.77. The Kier molecular flexibility index (Phi) is 6.65. The third-order valence-corrected chi connectivity index (χ3v) is 3.86. The van der Waals surface area contributed by atoms with Crippen molar-refractivity contribution in [3.63, 3.8) is 0 Å². The van der Waals surface area contributed by atoms with Gasteiger partial charge in [-0.2, -0.15) is 0 Å². The summed E-state index contributed by atoms with van der Waals surface area (Å²) in [7, 11) is 4.36. The molecule has 0 unspecified atom stereocenters. The SMILES string of the molecule is COc1cc(OC)c(C(=O)O[C@@H](C)C(=O)Nc2cccc(C)c2)cc1OC. The number of hydrogen-bond donors (Lipinski definition) is 1. The third-order valence-electron chi connectivity index (χ3n) is 3.86. The van der Waals surface area contributed by atoms with Gasteiger partial charge in [0.15, 0.2) is 17.6 Å². The molecule has 1 atom stereocenters. The van der Waals surface area contributed by atoms with Crippen molar-refractivity contribution in [2.24, 2.45) is 0 Å². The lowest BCUT2D eigenvalue weighted by Crippen LogP contribution is -2.30. The average molecular weight is 373 g/mol. The molecule has 0 aromatic heterocycles. The van der Waals surface area contributed by atoms with Crippen molar-refractivity contribution in [2.75, 3.05) is 26.6 Å². The van der Waals surface area contributed by atoms with Crippen LogP contribution in [0.1, 0.15) is 22.8 Å². The highest BCUT2D eigenvalue weighted by Crippen LogP contribution is 2.35. The number of esters is 1. The molecule has 7 nitrogen and oxygen atoms in total. The Balaban J connectivity index is 2.14. The first-order valence-electron chi connectivity index (χ1n) is 8.28. The minimum atomic E-state index is -1.00. The monoisotopic (exact) mass is 373 g/mol. The topological polar surface area (TPSA) is 83.1 Å². The Morgan fingerprint density at radius 3 is 2.15 bits per heavy atom. The van der Waals surface area contributed by atoms with Gasteiger partial charge in [0.05, 0.1) is 21.3 Å². The molecular formula is C20H23NO6. The van der Waals surface area contributed by atoms with Crippen LogP contribution in [-0.4, -0.2) is 39.3 Å². The molecule has 0 heterocycles. The maximum atomic E-state index is 12.5. The Hall–Kier alpha value is -3.22. The highest BCUT2D eigenvalue weighted by molar-refractivity contribution is 5.98. The van der Waals surface area contributed by atoms with E-state index >= 15 is 0 Å². The first-order chi connectivity index (χ1) is 12.9. The van der Waals surface area contributed by atoms with E-state index < -0.39 is 18.0 Å². The van der Waals surface area contributed by atoms with Crippen molar-refractivity contribution in [1.82, 2.24) is 0 Å². The van der Waals surface area contributed by atoms with Crippen LogP contribution in [0.4, 0.5) is 5.69 Å². The smallest absolute Gasteiger partial charge is 0.342 e. The van der Waals surface area contributed by atoms with Gasteiger partial charge in [0.25, 0.3) is 5.91 Å². The van der Waals surface area contributed by atoms with Crippen LogP contribution in [0, 0.1) is 6.92 Å². The van der Waals surface area contributed by atoms with Crippen molar-refractivity contribution in [3.8, 4) is 17.2 Å². The lowest BCUT2D eigenvalue weighted by atomic mass is 10.1. The number of aryl methyl sites for hydroxylation is 1. The number of ether oxygens (including phenoxy) is 4. The lowest BCUT2D eigenvalue weighted by molar-refractivity contribution is -0.123. The summed E-state index contributed by atoms with van der Waals surface area (Å²) in [5.74, 6) is -0.129. The Labute approximate surface area is 158 Å². The number of carbonyl (C=O) groups is 2. The van der Waals surface area contributed by atoms with E-state index in [0.717, 1.165) is 5.56 Å². The second-order valence-electron chi connectivity index (χ2n) is 5.81. The number of carbonyl (C=O) groups excluding carboxylic acids is 2. The molecular weight excluding hydrogens is 350 g/mol. The number of nitrogens with one attached hydrogen (secondary N) is 1. The molecule has 0 aliphatic carbocycles. The highest BCUT2D eigenvalue weighted by Gasteiger charge is 2.23. The van der Waals surface area contributed by atoms with E-state index in [9.17, 15) is 9.59 Å². The zero-order valence-electron chi connectivity index (χ0n) is 16.0. The largest absolute Gasteiger partial charge is 0.496 e. The summed E-state index contributed by atoms with van der Waals surface area (Å²) in [6.45, 7) is 3.42.